The average Bonchev–Trinajstić information content (AvgIpc) is 2.55. The molecule has 0 radical (unpaired) electrons. The van der Waals surface area contributed by atoms with Crippen LogP contribution in [-0.4, -0.2) is 19.6 Å². The quantitative estimate of drug-likeness (QED) is 0.854. The molecule has 0 bridgehead atoms. The van der Waals surface area contributed by atoms with Crippen LogP contribution < -0.4 is 10.1 Å². The van der Waals surface area contributed by atoms with Gasteiger partial charge in [-0.1, -0.05) is 30.3 Å². The molecule has 0 aromatic heterocycles. The van der Waals surface area contributed by atoms with Crippen molar-refractivity contribution in [2.75, 3.05) is 13.7 Å². The van der Waals surface area contributed by atoms with Gasteiger partial charge in [-0.2, -0.15) is 0 Å². The van der Waals surface area contributed by atoms with Crippen LogP contribution in [0.4, 0.5) is 0 Å². The summed E-state index contributed by atoms with van der Waals surface area (Å²) in [6.45, 7) is 3.43. The molecule has 0 aliphatic carbocycles. The fourth-order valence-corrected chi connectivity index (χ4v) is 2.17. The predicted octanol–water partition coefficient (Wildman–Crippen LogP) is 3.16. The lowest BCUT2D eigenvalue weighted by Crippen LogP contribution is -2.23. The van der Waals surface area contributed by atoms with Crippen molar-refractivity contribution in [2.24, 2.45) is 0 Å². The summed E-state index contributed by atoms with van der Waals surface area (Å²) in [5.41, 5.74) is 2.54. The minimum absolute atomic E-state index is 0.107. The Morgan fingerprint density at radius 3 is 2.59 bits per heavy atom. The minimum Gasteiger partial charge on any atom is -0.494 e. The van der Waals surface area contributed by atoms with Crippen molar-refractivity contribution in [2.45, 2.75) is 20.1 Å². The van der Waals surface area contributed by atoms with Crippen LogP contribution in [0.15, 0.2) is 48.5 Å². The maximum absolute atomic E-state index is 12.3. The number of carbonyl (C=O) groups excluding carboxylic acids is 1. The Labute approximate surface area is 131 Å². The molecular formula is C18H21NO3. The van der Waals surface area contributed by atoms with E-state index in [1.165, 1.54) is 0 Å². The first-order valence-electron chi connectivity index (χ1n) is 7.31. The van der Waals surface area contributed by atoms with Crippen LogP contribution in [0.5, 0.6) is 5.75 Å². The fraction of sp³-hybridized carbons (Fsp3) is 0.278. The summed E-state index contributed by atoms with van der Waals surface area (Å²) in [5.74, 6) is 0.646. The lowest BCUT2D eigenvalue weighted by molar-refractivity contribution is 0.0950. The van der Waals surface area contributed by atoms with Crippen molar-refractivity contribution in [3.05, 3.63) is 65.2 Å². The maximum atomic E-state index is 12.3. The van der Waals surface area contributed by atoms with Crippen LogP contribution in [0, 0.1) is 0 Å². The smallest absolute Gasteiger partial charge is 0.251 e. The van der Waals surface area contributed by atoms with Gasteiger partial charge < -0.3 is 14.8 Å². The third-order valence-electron chi connectivity index (χ3n) is 3.22. The molecule has 0 spiro atoms. The van der Waals surface area contributed by atoms with Crippen molar-refractivity contribution in [3.63, 3.8) is 0 Å². The zero-order valence-corrected chi connectivity index (χ0v) is 13.0. The average molecular weight is 299 g/mol. The summed E-state index contributed by atoms with van der Waals surface area (Å²) in [6.07, 6.45) is 0. The van der Waals surface area contributed by atoms with E-state index in [9.17, 15) is 4.79 Å². The van der Waals surface area contributed by atoms with Gasteiger partial charge in [-0.15, -0.1) is 0 Å². The zero-order chi connectivity index (χ0) is 15.8. The fourth-order valence-electron chi connectivity index (χ4n) is 2.17. The number of nitrogens with one attached hydrogen (secondary N) is 1. The summed E-state index contributed by atoms with van der Waals surface area (Å²) < 4.78 is 10.7. The molecule has 1 amide bonds. The van der Waals surface area contributed by atoms with Gasteiger partial charge in [-0.3, -0.25) is 4.79 Å². The highest BCUT2D eigenvalue weighted by molar-refractivity contribution is 5.94. The van der Waals surface area contributed by atoms with Crippen molar-refractivity contribution in [1.82, 2.24) is 5.32 Å². The van der Waals surface area contributed by atoms with Crippen LogP contribution in [0.1, 0.15) is 28.4 Å². The number of hydrogen-bond donors (Lipinski definition) is 1. The molecule has 22 heavy (non-hydrogen) atoms. The van der Waals surface area contributed by atoms with Gasteiger partial charge in [0, 0.05) is 24.8 Å². The van der Waals surface area contributed by atoms with Crippen LogP contribution >= 0.6 is 0 Å². The van der Waals surface area contributed by atoms with Gasteiger partial charge in [-0.25, -0.2) is 0 Å². The topological polar surface area (TPSA) is 47.6 Å². The normalized spacial score (nSPS) is 10.3. The van der Waals surface area contributed by atoms with Crippen molar-refractivity contribution in [1.29, 1.82) is 0 Å². The number of hydrogen-bond acceptors (Lipinski definition) is 3. The highest BCUT2D eigenvalue weighted by Crippen LogP contribution is 2.21. The molecule has 0 fully saturated rings. The molecule has 4 heteroatoms. The van der Waals surface area contributed by atoms with Crippen molar-refractivity contribution in [3.8, 4) is 5.75 Å². The maximum Gasteiger partial charge on any atom is 0.251 e. The first-order chi connectivity index (χ1) is 10.7. The van der Waals surface area contributed by atoms with Crippen LogP contribution in [-0.2, 0) is 17.9 Å². The Hall–Kier alpha value is -2.33. The van der Waals surface area contributed by atoms with E-state index in [4.69, 9.17) is 9.47 Å². The van der Waals surface area contributed by atoms with Crippen LogP contribution in [0.2, 0.25) is 0 Å². The van der Waals surface area contributed by atoms with E-state index in [-0.39, 0.29) is 5.91 Å². The summed E-state index contributed by atoms with van der Waals surface area (Å²) in [4.78, 5) is 12.3. The van der Waals surface area contributed by atoms with Gasteiger partial charge in [0.05, 0.1) is 13.2 Å². The van der Waals surface area contributed by atoms with Crippen LogP contribution in [0.3, 0.4) is 0 Å². The molecular weight excluding hydrogens is 278 g/mol. The molecule has 2 aromatic rings. The van der Waals surface area contributed by atoms with Crippen LogP contribution in [0.25, 0.3) is 0 Å². The Kier molecular flexibility index (Phi) is 5.98. The molecule has 2 rings (SSSR count). The first-order valence-corrected chi connectivity index (χ1v) is 7.31. The predicted molar refractivity (Wildman–Crippen MR) is 85.9 cm³/mol. The molecule has 116 valence electrons. The minimum atomic E-state index is -0.107. The van der Waals surface area contributed by atoms with Gasteiger partial charge in [0.1, 0.15) is 5.75 Å². The number of benzene rings is 2. The number of amides is 1. The Balaban J connectivity index is 2.07. The van der Waals surface area contributed by atoms with Gasteiger partial charge in [0.2, 0.25) is 0 Å². The largest absolute Gasteiger partial charge is 0.494 e. The molecule has 4 nitrogen and oxygen atoms in total. The van der Waals surface area contributed by atoms with E-state index < -0.39 is 0 Å². The number of methoxy groups -OCH3 is 1. The van der Waals surface area contributed by atoms with E-state index in [0.29, 0.717) is 25.3 Å². The third-order valence-corrected chi connectivity index (χ3v) is 3.22. The Morgan fingerprint density at radius 2 is 1.91 bits per heavy atom. The second-order valence-corrected chi connectivity index (χ2v) is 4.86. The van der Waals surface area contributed by atoms with Gasteiger partial charge >= 0.3 is 0 Å². The summed E-state index contributed by atoms with van der Waals surface area (Å²) in [5, 5.41) is 2.92. The SMILES string of the molecule is CCOc1ccc(C(=O)NCc2ccccc2)cc1COC. The molecule has 0 aliphatic rings. The first kappa shape index (κ1) is 16.0. The lowest BCUT2D eigenvalue weighted by atomic mass is 10.1. The van der Waals surface area contributed by atoms with Gasteiger partial charge in [-0.05, 0) is 30.7 Å². The van der Waals surface area contributed by atoms with Gasteiger partial charge in [0.25, 0.3) is 5.91 Å². The van der Waals surface area contributed by atoms with E-state index in [1.807, 2.05) is 49.4 Å². The molecule has 1 N–H and O–H groups in total. The Morgan fingerprint density at radius 1 is 1.14 bits per heavy atom. The van der Waals surface area contributed by atoms with E-state index in [0.717, 1.165) is 16.9 Å². The molecule has 0 unspecified atom stereocenters. The van der Waals surface area contributed by atoms with Gasteiger partial charge in [0.15, 0.2) is 0 Å². The standard InChI is InChI=1S/C18H21NO3/c1-3-22-17-10-9-15(11-16(17)13-21-2)18(20)19-12-14-7-5-4-6-8-14/h4-11H,3,12-13H2,1-2H3,(H,19,20). The number of carbonyl (C=O) groups is 1. The lowest BCUT2D eigenvalue weighted by Gasteiger charge is -2.12. The molecule has 0 atom stereocenters. The second kappa shape index (κ2) is 8.20. The highest BCUT2D eigenvalue weighted by atomic mass is 16.5. The third kappa shape index (κ3) is 4.33. The van der Waals surface area contributed by atoms with E-state index in [2.05, 4.69) is 5.32 Å². The van der Waals surface area contributed by atoms with E-state index in [1.54, 1.807) is 13.2 Å². The highest BCUT2D eigenvalue weighted by Gasteiger charge is 2.10. The van der Waals surface area contributed by atoms with Crippen molar-refractivity contribution < 1.29 is 14.3 Å². The van der Waals surface area contributed by atoms with Crippen molar-refractivity contribution >= 4 is 5.91 Å². The summed E-state index contributed by atoms with van der Waals surface area (Å²) in [6, 6.07) is 15.2. The van der Waals surface area contributed by atoms with E-state index >= 15 is 0 Å². The molecule has 0 heterocycles. The molecule has 0 aliphatic heterocycles. The molecule has 0 saturated heterocycles. The molecule has 2 aromatic carbocycles. The Bertz CT molecular complexity index is 611. The summed E-state index contributed by atoms with van der Waals surface area (Å²) in [7, 11) is 1.62. The molecule has 0 saturated carbocycles. The monoisotopic (exact) mass is 299 g/mol. The summed E-state index contributed by atoms with van der Waals surface area (Å²) >= 11 is 0. The number of ether oxygens (including phenoxy) is 2. The second-order valence-electron chi connectivity index (χ2n) is 4.86. The zero-order valence-electron chi connectivity index (χ0n) is 13.0. The number of rotatable bonds is 7.